The number of halogens is 4. The zero-order chi connectivity index (χ0) is 24.0. The van der Waals surface area contributed by atoms with Crippen molar-refractivity contribution in [2.45, 2.75) is 50.9 Å². The average molecular weight is 463 g/mol. The van der Waals surface area contributed by atoms with E-state index in [4.69, 9.17) is 5.73 Å². The molecule has 10 heteroatoms. The number of aromatic nitrogens is 1. The number of aliphatic imine (C=N–C) groups is 1. The van der Waals surface area contributed by atoms with E-state index in [1.165, 1.54) is 18.5 Å². The molecule has 6 nitrogen and oxygen atoms in total. The molecule has 1 aromatic carbocycles. The van der Waals surface area contributed by atoms with E-state index in [0.717, 1.165) is 30.8 Å². The van der Waals surface area contributed by atoms with Crippen LogP contribution in [0.15, 0.2) is 53.3 Å². The summed E-state index contributed by atoms with van der Waals surface area (Å²) >= 11 is 0. The van der Waals surface area contributed by atoms with Crippen molar-refractivity contribution < 1.29 is 22.4 Å². The molecule has 2 atom stereocenters. The highest BCUT2D eigenvalue weighted by Crippen LogP contribution is 2.34. The van der Waals surface area contributed by atoms with Crippen molar-refractivity contribution in [1.29, 1.82) is 0 Å². The standard InChI is InChI=1S/C23H25F4N5O/c1-2-8-29-13-14(12-28)22(33)31-17-5-3-4-16(10-17)30-20-11-21(23(25,26)27)32-19-7-6-15(24)9-18(19)20/h2,6-9,11-13,16-17H,3-5,10,28H2,1H3,(H,30,32)(H,31,33)/b8-2-,14-12+,29-13-. The van der Waals surface area contributed by atoms with Crippen molar-refractivity contribution in [1.82, 2.24) is 10.3 Å². The smallest absolute Gasteiger partial charge is 0.404 e. The first-order chi connectivity index (χ1) is 15.7. The van der Waals surface area contributed by atoms with Crippen LogP contribution in [0.4, 0.5) is 23.2 Å². The number of fused-ring (bicyclic) bond motifs is 1. The molecular weight excluding hydrogens is 438 g/mol. The fraction of sp³-hybridized carbons (Fsp3) is 0.348. The quantitative estimate of drug-likeness (QED) is 0.330. The lowest BCUT2D eigenvalue weighted by molar-refractivity contribution is -0.140. The first-order valence-electron chi connectivity index (χ1n) is 10.5. The third kappa shape index (κ3) is 6.30. The summed E-state index contributed by atoms with van der Waals surface area (Å²) in [5.41, 5.74) is 4.88. The first-order valence-corrected chi connectivity index (χ1v) is 10.5. The van der Waals surface area contributed by atoms with Gasteiger partial charge in [0.15, 0.2) is 0 Å². The number of nitrogens with zero attached hydrogens (tertiary/aromatic N) is 2. The van der Waals surface area contributed by atoms with Crippen LogP contribution >= 0.6 is 0 Å². The number of carbonyl (C=O) groups excluding carboxylic acids is 1. The molecule has 33 heavy (non-hydrogen) atoms. The van der Waals surface area contributed by atoms with E-state index < -0.39 is 17.7 Å². The summed E-state index contributed by atoms with van der Waals surface area (Å²) in [7, 11) is 0. The number of allylic oxidation sites excluding steroid dienone is 1. The van der Waals surface area contributed by atoms with Gasteiger partial charge in [0.25, 0.3) is 5.91 Å². The molecule has 0 spiro atoms. The van der Waals surface area contributed by atoms with Gasteiger partial charge in [0.05, 0.1) is 11.1 Å². The van der Waals surface area contributed by atoms with Gasteiger partial charge >= 0.3 is 6.18 Å². The fourth-order valence-corrected chi connectivity index (χ4v) is 3.79. The van der Waals surface area contributed by atoms with Crippen molar-refractivity contribution in [3.05, 3.63) is 59.8 Å². The number of hydrogen-bond donors (Lipinski definition) is 3. The van der Waals surface area contributed by atoms with Crippen LogP contribution in [0, 0.1) is 5.82 Å². The van der Waals surface area contributed by atoms with Gasteiger partial charge in [-0.1, -0.05) is 6.08 Å². The summed E-state index contributed by atoms with van der Waals surface area (Å²) in [6.45, 7) is 1.79. The molecule has 1 heterocycles. The third-order valence-electron chi connectivity index (χ3n) is 5.32. The van der Waals surface area contributed by atoms with E-state index >= 15 is 0 Å². The minimum absolute atomic E-state index is 0.0486. The molecule has 176 valence electrons. The molecule has 0 bridgehead atoms. The van der Waals surface area contributed by atoms with Crippen LogP contribution in [-0.2, 0) is 11.0 Å². The van der Waals surface area contributed by atoms with Crippen LogP contribution in [0.25, 0.3) is 10.9 Å². The molecule has 1 fully saturated rings. The minimum Gasteiger partial charge on any atom is -0.404 e. The van der Waals surface area contributed by atoms with Crippen LogP contribution in [0.1, 0.15) is 38.3 Å². The second-order valence-corrected chi connectivity index (χ2v) is 7.78. The van der Waals surface area contributed by atoms with Gasteiger partial charge in [0.2, 0.25) is 0 Å². The number of amides is 1. The van der Waals surface area contributed by atoms with Crippen molar-refractivity contribution in [2.75, 3.05) is 5.32 Å². The Morgan fingerprint density at radius 3 is 2.70 bits per heavy atom. The number of carbonyl (C=O) groups is 1. The Morgan fingerprint density at radius 1 is 1.24 bits per heavy atom. The minimum atomic E-state index is -4.64. The summed E-state index contributed by atoms with van der Waals surface area (Å²) < 4.78 is 53.8. The zero-order valence-corrected chi connectivity index (χ0v) is 18.0. The maximum Gasteiger partial charge on any atom is 0.433 e. The summed E-state index contributed by atoms with van der Waals surface area (Å²) in [5.74, 6) is -0.950. The van der Waals surface area contributed by atoms with Gasteiger partial charge in [-0.15, -0.1) is 0 Å². The summed E-state index contributed by atoms with van der Waals surface area (Å²) in [4.78, 5) is 20.1. The fourth-order valence-electron chi connectivity index (χ4n) is 3.79. The Hall–Kier alpha value is -3.43. The van der Waals surface area contributed by atoms with Crippen molar-refractivity contribution in [2.24, 2.45) is 10.7 Å². The largest absolute Gasteiger partial charge is 0.433 e. The molecule has 0 saturated heterocycles. The number of benzene rings is 1. The van der Waals surface area contributed by atoms with Gasteiger partial charge in [-0.05, 0) is 56.9 Å². The van der Waals surface area contributed by atoms with Crippen molar-refractivity contribution in [3.8, 4) is 0 Å². The molecule has 4 N–H and O–H groups in total. The molecule has 1 aromatic heterocycles. The van der Waals surface area contributed by atoms with Gasteiger partial charge in [-0.3, -0.25) is 9.79 Å². The summed E-state index contributed by atoms with van der Waals surface area (Å²) in [6.07, 6.45) is 3.75. The predicted octanol–water partition coefficient (Wildman–Crippen LogP) is 4.68. The molecule has 1 amide bonds. The number of pyridine rings is 1. The van der Waals surface area contributed by atoms with E-state index in [1.807, 2.05) is 0 Å². The number of alkyl halides is 3. The molecule has 1 aliphatic rings. The van der Waals surface area contributed by atoms with Crippen LogP contribution < -0.4 is 16.4 Å². The number of nitrogens with two attached hydrogens (primary N) is 1. The topological polar surface area (TPSA) is 92.4 Å². The highest BCUT2D eigenvalue weighted by Gasteiger charge is 2.34. The summed E-state index contributed by atoms with van der Waals surface area (Å²) in [5, 5.41) is 6.29. The summed E-state index contributed by atoms with van der Waals surface area (Å²) in [6, 6.07) is 3.94. The van der Waals surface area contributed by atoms with E-state index in [0.29, 0.717) is 19.3 Å². The van der Waals surface area contributed by atoms with Gasteiger partial charge < -0.3 is 16.4 Å². The molecule has 0 radical (unpaired) electrons. The molecule has 3 rings (SSSR count). The van der Waals surface area contributed by atoms with Crippen LogP contribution in [0.5, 0.6) is 0 Å². The predicted molar refractivity (Wildman–Crippen MR) is 120 cm³/mol. The number of nitrogens with one attached hydrogen (secondary N) is 2. The Labute approximate surface area is 188 Å². The van der Waals surface area contributed by atoms with Crippen molar-refractivity contribution in [3.63, 3.8) is 0 Å². The van der Waals surface area contributed by atoms with E-state index in [1.54, 1.807) is 13.0 Å². The Morgan fingerprint density at radius 2 is 2.00 bits per heavy atom. The molecule has 2 unspecified atom stereocenters. The lowest BCUT2D eigenvalue weighted by atomic mass is 9.90. The van der Waals surface area contributed by atoms with Gasteiger partial charge in [-0.25, -0.2) is 9.37 Å². The monoisotopic (exact) mass is 463 g/mol. The van der Waals surface area contributed by atoms with Crippen molar-refractivity contribution >= 4 is 28.7 Å². The molecule has 1 saturated carbocycles. The highest BCUT2D eigenvalue weighted by molar-refractivity contribution is 6.12. The maximum absolute atomic E-state index is 13.8. The van der Waals surface area contributed by atoms with E-state index in [9.17, 15) is 22.4 Å². The van der Waals surface area contributed by atoms with E-state index in [2.05, 4.69) is 20.6 Å². The average Bonchev–Trinajstić information content (AvgIpc) is 2.76. The van der Waals surface area contributed by atoms with Crippen LogP contribution in [0.3, 0.4) is 0 Å². The van der Waals surface area contributed by atoms with Crippen LogP contribution in [-0.4, -0.2) is 29.2 Å². The lowest BCUT2D eigenvalue weighted by Gasteiger charge is -2.31. The Balaban J connectivity index is 1.77. The van der Waals surface area contributed by atoms with Crippen LogP contribution in [0.2, 0.25) is 0 Å². The number of anilines is 1. The first kappa shape index (κ1) is 24.2. The highest BCUT2D eigenvalue weighted by atomic mass is 19.4. The lowest BCUT2D eigenvalue weighted by Crippen LogP contribution is -2.42. The molecule has 0 aliphatic heterocycles. The van der Waals surface area contributed by atoms with E-state index in [-0.39, 0.29) is 40.2 Å². The molecule has 1 aliphatic carbocycles. The van der Waals surface area contributed by atoms with Gasteiger partial charge in [0.1, 0.15) is 11.5 Å². The van der Waals surface area contributed by atoms with Gasteiger partial charge in [0, 0.05) is 41.8 Å². The normalized spacial score (nSPS) is 20.0. The second kappa shape index (κ2) is 10.5. The zero-order valence-electron chi connectivity index (χ0n) is 18.0. The maximum atomic E-state index is 13.8. The Kier molecular flexibility index (Phi) is 7.67. The second-order valence-electron chi connectivity index (χ2n) is 7.78. The third-order valence-corrected chi connectivity index (χ3v) is 5.32. The SMILES string of the molecule is C\C=C/N=C\C(=C/N)C(=O)NC1CCCC(Nc2cc(C(F)(F)F)nc3ccc(F)cc23)C1. The van der Waals surface area contributed by atoms with Gasteiger partial charge in [-0.2, -0.15) is 13.2 Å². The number of hydrogen-bond acceptors (Lipinski definition) is 5. The number of rotatable bonds is 6. The molecular formula is C23H25F4N5O. The Bertz CT molecular complexity index is 1090. The molecule has 2 aromatic rings.